The Kier molecular flexibility index (Phi) is 5.18. The third kappa shape index (κ3) is 3.52. The number of nitrogens with one attached hydrogen (secondary N) is 1. The molecule has 4 aromatic rings. The van der Waals surface area contributed by atoms with Crippen molar-refractivity contribution in [1.29, 1.82) is 0 Å². The van der Waals surface area contributed by atoms with Crippen molar-refractivity contribution >= 4 is 23.0 Å². The van der Waals surface area contributed by atoms with Gasteiger partial charge in [0.25, 0.3) is 0 Å². The molecule has 0 aliphatic carbocycles. The molecule has 0 unspecified atom stereocenters. The zero-order valence-electron chi connectivity index (χ0n) is 19.2. The van der Waals surface area contributed by atoms with Crippen LogP contribution in [0.3, 0.4) is 0 Å². The zero-order valence-corrected chi connectivity index (χ0v) is 20.1. The molecule has 6 rings (SSSR count). The standard InChI is InChI=1S/C27H23FN4O2S/c1-16-13-19(17(2)31(16)18-10-11-23-24(14-18)34-15-33-23)26-25(21-8-5-6-12-29-21)30-27(35)32(26)22-9-4-3-7-20(22)28/h3-14,25-26H,15H2,1-2H3,(H,30,35)/t25-,26-/m0/s1. The van der Waals surface area contributed by atoms with E-state index in [1.807, 2.05) is 47.4 Å². The highest BCUT2D eigenvalue weighted by Crippen LogP contribution is 2.44. The first-order valence-corrected chi connectivity index (χ1v) is 11.8. The van der Waals surface area contributed by atoms with Crippen LogP contribution in [-0.2, 0) is 0 Å². The Morgan fingerprint density at radius 3 is 2.60 bits per heavy atom. The van der Waals surface area contributed by atoms with E-state index in [9.17, 15) is 0 Å². The number of hydrogen-bond acceptors (Lipinski definition) is 4. The minimum Gasteiger partial charge on any atom is -0.454 e. The number of aryl methyl sites for hydroxylation is 1. The molecule has 2 aliphatic heterocycles. The molecule has 2 aliphatic rings. The van der Waals surface area contributed by atoms with Crippen LogP contribution in [0.5, 0.6) is 11.5 Å². The fourth-order valence-corrected chi connectivity index (χ4v) is 5.43. The van der Waals surface area contributed by atoms with Gasteiger partial charge in [0, 0.05) is 29.3 Å². The van der Waals surface area contributed by atoms with Gasteiger partial charge >= 0.3 is 0 Å². The van der Waals surface area contributed by atoms with Crippen molar-refractivity contribution in [3.05, 3.63) is 101 Å². The average molecular weight is 487 g/mol. The van der Waals surface area contributed by atoms with Crippen LogP contribution in [-0.4, -0.2) is 21.5 Å². The molecule has 0 saturated carbocycles. The molecule has 8 heteroatoms. The van der Waals surface area contributed by atoms with E-state index in [4.69, 9.17) is 21.7 Å². The maximum absolute atomic E-state index is 15.0. The van der Waals surface area contributed by atoms with Crippen molar-refractivity contribution in [2.24, 2.45) is 0 Å². The summed E-state index contributed by atoms with van der Waals surface area (Å²) in [5.41, 5.74) is 5.35. The second-order valence-corrected chi connectivity index (χ2v) is 9.03. The summed E-state index contributed by atoms with van der Waals surface area (Å²) in [6.07, 6.45) is 1.76. The molecule has 0 bridgehead atoms. The molecule has 35 heavy (non-hydrogen) atoms. The van der Waals surface area contributed by atoms with Crippen LogP contribution in [0, 0.1) is 19.7 Å². The first-order chi connectivity index (χ1) is 17.0. The van der Waals surface area contributed by atoms with Gasteiger partial charge in [-0.25, -0.2) is 4.39 Å². The lowest BCUT2D eigenvalue weighted by molar-refractivity contribution is 0.174. The predicted molar refractivity (Wildman–Crippen MR) is 136 cm³/mol. The number of nitrogens with zero attached hydrogens (tertiary/aromatic N) is 3. The van der Waals surface area contributed by atoms with Crippen LogP contribution in [0.25, 0.3) is 5.69 Å². The van der Waals surface area contributed by atoms with E-state index in [1.54, 1.807) is 18.3 Å². The van der Waals surface area contributed by atoms with Gasteiger partial charge in [-0.2, -0.15) is 0 Å². The number of hydrogen-bond donors (Lipinski definition) is 1. The van der Waals surface area contributed by atoms with Crippen molar-refractivity contribution < 1.29 is 13.9 Å². The zero-order chi connectivity index (χ0) is 24.1. The Morgan fingerprint density at radius 2 is 1.80 bits per heavy atom. The lowest BCUT2D eigenvalue weighted by Crippen LogP contribution is -2.30. The molecule has 0 radical (unpaired) electrons. The van der Waals surface area contributed by atoms with E-state index in [2.05, 4.69) is 34.8 Å². The number of aromatic nitrogens is 2. The van der Waals surface area contributed by atoms with Crippen molar-refractivity contribution in [3.63, 3.8) is 0 Å². The molecule has 176 valence electrons. The topological polar surface area (TPSA) is 51.6 Å². The molecular weight excluding hydrogens is 463 g/mol. The van der Waals surface area contributed by atoms with Gasteiger partial charge in [0.15, 0.2) is 16.6 Å². The summed E-state index contributed by atoms with van der Waals surface area (Å²) in [5.74, 6) is 1.13. The second-order valence-electron chi connectivity index (χ2n) is 8.65. The van der Waals surface area contributed by atoms with Gasteiger partial charge in [0.05, 0.1) is 23.5 Å². The highest BCUT2D eigenvalue weighted by molar-refractivity contribution is 7.80. The fourth-order valence-electron chi connectivity index (χ4n) is 5.09. The first-order valence-electron chi connectivity index (χ1n) is 11.4. The number of thiocarbonyl (C=S) groups is 1. The average Bonchev–Trinajstić information content (AvgIpc) is 3.55. The third-order valence-corrected chi connectivity index (χ3v) is 6.93. The van der Waals surface area contributed by atoms with Crippen molar-refractivity contribution in [2.45, 2.75) is 25.9 Å². The van der Waals surface area contributed by atoms with E-state index < -0.39 is 0 Å². The summed E-state index contributed by atoms with van der Waals surface area (Å²) in [4.78, 5) is 6.47. The van der Waals surface area contributed by atoms with E-state index in [1.165, 1.54) is 6.07 Å². The van der Waals surface area contributed by atoms with E-state index in [-0.39, 0.29) is 24.7 Å². The molecule has 2 atom stereocenters. The number of anilines is 1. The Labute approximate surface area is 207 Å². The Bertz CT molecular complexity index is 1440. The normalized spacial score (nSPS) is 18.7. The number of ether oxygens (including phenoxy) is 2. The summed E-state index contributed by atoms with van der Waals surface area (Å²) in [7, 11) is 0. The summed E-state index contributed by atoms with van der Waals surface area (Å²) in [6.45, 7) is 4.36. The maximum atomic E-state index is 15.0. The molecule has 2 aromatic carbocycles. The second kappa shape index (κ2) is 8.39. The van der Waals surface area contributed by atoms with Crippen LogP contribution in [0.2, 0.25) is 0 Å². The molecule has 1 fully saturated rings. The highest BCUT2D eigenvalue weighted by Gasteiger charge is 2.43. The third-order valence-electron chi connectivity index (χ3n) is 6.61. The summed E-state index contributed by atoms with van der Waals surface area (Å²) in [5, 5.41) is 3.87. The largest absolute Gasteiger partial charge is 0.454 e. The molecule has 1 saturated heterocycles. The molecule has 2 aromatic heterocycles. The number of fused-ring (bicyclic) bond motifs is 1. The van der Waals surface area contributed by atoms with Crippen molar-refractivity contribution in [3.8, 4) is 17.2 Å². The number of benzene rings is 2. The minimum atomic E-state index is -0.326. The van der Waals surface area contributed by atoms with Crippen LogP contribution in [0.4, 0.5) is 10.1 Å². The minimum absolute atomic E-state index is 0.224. The molecule has 4 heterocycles. The Hall–Kier alpha value is -3.91. The number of rotatable bonds is 4. The van der Waals surface area contributed by atoms with Crippen molar-refractivity contribution in [1.82, 2.24) is 14.9 Å². The lowest BCUT2D eigenvalue weighted by Gasteiger charge is -2.28. The number of pyridine rings is 1. The highest BCUT2D eigenvalue weighted by atomic mass is 32.1. The van der Waals surface area contributed by atoms with Gasteiger partial charge in [-0.3, -0.25) is 4.98 Å². The number of halogens is 1. The first kappa shape index (κ1) is 21.6. The van der Waals surface area contributed by atoms with Gasteiger partial charge in [0.2, 0.25) is 6.79 Å². The van der Waals surface area contributed by atoms with Crippen LogP contribution in [0.15, 0.2) is 72.9 Å². The van der Waals surface area contributed by atoms with Crippen LogP contribution >= 0.6 is 12.2 Å². The van der Waals surface area contributed by atoms with E-state index >= 15 is 4.39 Å². The summed E-state index contributed by atoms with van der Waals surface area (Å²) >= 11 is 5.75. The maximum Gasteiger partial charge on any atom is 0.231 e. The summed E-state index contributed by atoms with van der Waals surface area (Å²) in [6, 6.07) is 20.0. The monoisotopic (exact) mass is 486 g/mol. The predicted octanol–water partition coefficient (Wildman–Crippen LogP) is 5.53. The smallest absolute Gasteiger partial charge is 0.231 e. The quantitative estimate of drug-likeness (QED) is 0.383. The SMILES string of the molecule is Cc1cc([C@H]2[C@H](c3ccccn3)NC(=S)N2c2ccccc2F)c(C)n1-c1ccc2c(c1)OCO2. The number of para-hydroxylation sites is 1. The van der Waals surface area contributed by atoms with Gasteiger partial charge in [-0.05, 0) is 74.1 Å². The van der Waals surface area contributed by atoms with Gasteiger partial charge in [0.1, 0.15) is 5.82 Å². The molecule has 0 amide bonds. The Morgan fingerprint density at radius 1 is 1.00 bits per heavy atom. The molecule has 1 N–H and O–H groups in total. The van der Waals surface area contributed by atoms with Gasteiger partial charge in [-0.15, -0.1) is 0 Å². The van der Waals surface area contributed by atoms with E-state index in [0.717, 1.165) is 39.8 Å². The van der Waals surface area contributed by atoms with Gasteiger partial charge < -0.3 is 24.3 Å². The lowest BCUT2D eigenvalue weighted by atomic mass is 9.96. The van der Waals surface area contributed by atoms with Crippen molar-refractivity contribution in [2.75, 3.05) is 11.7 Å². The molecule has 0 spiro atoms. The Balaban J connectivity index is 1.51. The van der Waals surface area contributed by atoms with Crippen LogP contribution in [0.1, 0.15) is 34.7 Å². The van der Waals surface area contributed by atoms with Crippen LogP contribution < -0.4 is 19.7 Å². The summed E-state index contributed by atoms with van der Waals surface area (Å²) < 4.78 is 28.3. The molecular formula is C27H23FN4O2S. The molecule has 6 nitrogen and oxygen atoms in total. The van der Waals surface area contributed by atoms with E-state index in [0.29, 0.717) is 10.8 Å². The fraction of sp³-hybridized carbons (Fsp3) is 0.185. The van der Waals surface area contributed by atoms with Gasteiger partial charge in [-0.1, -0.05) is 18.2 Å².